The molecule has 0 aliphatic carbocycles. The molecule has 1 unspecified atom stereocenters. The summed E-state index contributed by atoms with van der Waals surface area (Å²) in [5.41, 5.74) is 0. The highest BCUT2D eigenvalue weighted by Crippen LogP contribution is 2.12. The van der Waals surface area contributed by atoms with Crippen LogP contribution in [0.3, 0.4) is 0 Å². The van der Waals surface area contributed by atoms with E-state index in [1.807, 2.05) is 16.8 Å². The van der Waals surface area contributed by atoms with E-state index < -0.39 is 5.92 Å². The first kappa shape index (κ1) is 9.71. The van der Waals surface area contributed by atoms with Crippen molar-refractivity contribution in [2.45, 2.75) is 20.0 Å². The second-order valence-electron chi connectivity index (χ2n) is 3.65. The van der Waals surface area contributed by atoms with Crippen LogP contribution in [0.4, 0.5) is 0 Å². The summed E-state index contributed by atoms with van der Waals surface area (Å²) in [6.45, 7) is 3.56. The summed E-state index contributed by atoms with van der Waals surface area (Å²) in [5, 5.41) is 8.67. The van der Waals surface area contributed by atoms with Gasteiger partial charge in [-0.2, -0.15) is 5.26 Å². The van der Waals surface area contributed by atoms with Crippen LogP contribution in [0.1, 0.15) is 12.7 Å². The molecule has 0 saturated carbocycles. The molecule has 0 N–H and O–H groups in total. The van der Waals surface area contributed by atoms with Gasteiger partial charge in [0.2, 0.25) is 5.91 Å². The van der Waals surface area contributed by atoms with Gasteiger partial charge in [0.1, 0.15) is 11.7 Å². The maximum atomic E-state index is 11.7. The topological polar surface area (TPSA) is 61.9 Å². The Hall–Kier alpha value is -1.83. The SMILES string of the molecule is CC(C#N)C(=O)N1CCn2ccnc2C1. The van der Waals surface area contributed by atoms with E-state index in [0.29, 0.717) is 13.1 Å². The van der Waals surface area contributed by atoms with Crippen LogP contribution in [-0.4, -0.2) is 26.9 Å². The predicted octanol–water partition coefficient (Wildman–Crippen LogP) is 0.385. The molecule has 0 spiro atoms. The van der Waals surface area contributed by atoms with Crippen LogP contribution in [0.5, 0.6) is 0 Å². The Kier molecular flexibility index (Phi) is 2.42. The van der Waals surface area contributed by atoms with E-state index in [1.165, 1.54) is 0 Å². The fourth-order valence-corrected chi connectivity index (χ4v) is 1.69. The van der Waals surface area contributed by atoms with Gasteiger partial charge in [-0.15, -0.1) is 0 Å². The van der Waals surface area contributed by atoms with Gasteiger partial charge in [0.05, 0.1) is 12.6 Å². The molecule has 2 rings (SSSR count). The lowest BCUT2D eigenvalue weighted by Gasteiger charge is -2.28. The number of nitriles is 1. The van der Waals surface area contributed by atoms with Crippen LogP contribution in [0.15, 0.2) is 12.4 Å². The van der Waals surface area contributed by atoms with Gasteiger partial charge in [0.15, 0.2) is 0 Å². The zero-order valence-corrected chi connectivity index (χ0v) is 8.55. The van der Waals surface area contributed by atoms with Crippen LogP contribution in [0.25, 0.3) is 0 Å². The maximum Gasteiger partial charge on any atom is 0.240 e. The van der Waals surface area contributed by atoms with Gasteiger partial charge in [0.25, 0.3) is 0 Å². The van der Waals surface area contributed by atoms with Gasteiger partial charge >= 0.3 is 0 Å². The van der Waals surface area contributed by atoms with Crippen LogP contribution >= 0.6 is 0 Å². The first-order chi connectivity index (χ1) is 7.22. The molecule has 0 fully saturated rings. The van der Waals surface area contributed by atoms with Gasteiger partial charge in [0, 0.05) is 25.5 Å². The summed E-state index contributed by atoms with van der Waals surface area (Å²) in [4.78, 5) is 17.6. The second kappa shape index (κ2) is 3.73. The Morgan fingerprint density at radius 1 is 1.67 bits per heavy atom. The number of hydrogen-bond acceptors (Lipinski definition) is 3. The van der Waals surface area contributed by atoms with E-state index in [2.05, 4.69) is 4.98 Å². The van der Waals surface area contributed by atoms with Gasteiger partial charge < -0.3 is 9.47 Å². The molecule has 0 radical (unpaired) electrons. The fourth-order valence-electron chi connectivity index (χ4n) is 1.69. The van der Waals surface area contributed by atoms with E-state index in [4.69, 9.17) is 5.26 Å². The number of imidazole rings is 1. The number of nitrogens with zero attached hydrogens (tertiary/aromatic N) is 4. The molecular weight excluding hydrogens is 192 g/mol. The Morgan fingerprint density at radius 3 is 3.20 bits per heavy atom. The molecule has 0 bridgehead atoms. The van der Waals surface area contributed by atoms with Crippen molar-refractivity contribution in [2.24, 2.45) is 5.92 Å². The molecule has 5 nitrogen and oxygen atoms in total. The van der Waals surface area contributed by atoms with E-state index in [1.54, 1.807) is 18.0 Å². The first-order valence-electron chi connectivity index (χ1n) is 4.91. The van der Waals surface area contributed by atoms with Gasteiger partial charge in [-0.25, -0.2) is 4.98 Å². The average Bonchev–Trinajstić information content (AvgIpc) is 2.73. The van der Waals surface area contributed by atoms with E-state index in [0.717, 1.165) is 12.4 Å². The van der Waals surface area contributed by atoms with Crippen molar-refractivity contribution in [3.05, 3.63) is 18.2 Å². The third-order valence-electron chi connectivity index (χ3n) is 2.62. The predicted molar refractivity (Wildman–Crippen MR) is 52.4 cm³/mol. The lowest BCUT2D eigenvalue weighted by molar-refractivity contribution is -0.134. The highest BCUT2D eigenvalue weighted by atomic mass is 16.2. The number of amides is 1. The van der Waals surface area contributed by atoms with Crippen LogP contribution in [0.2, 0.25) is 0 Å². The molecule has 1 aliphatic rings. The number of hydrogen-bond donors (Lipinski definition) is 0. The lowest BCUT2D eigenvalue weighted by Crippen LogP contribution is -2.40. The molecule has 15 heavy (non-hydrogen) atoms. The van der Waals surface area contributed by atoms with E-state index >= 15 is 0 Å². The summed E-state index contributed by atoms with van der Waals surface area (Å²) < 4.78 is 2.03. The van der Waals surface area contributed by atoms with Crippen molar-refractivity contribution >= 4 is 5.91 Å². The maximum absolute atomic E-state index is 11.7. The van der Waals surface area contributed by atoms with Crippen molar-refractivity contribution in [1.29, 1.82) is 5.26 Å². The van der Waals surface area contributed by atoms with Crippen LogP contribution < -0.4 is 0 Å². The molecule has 1 aromatic rings. The minimum absolute atomic E-state index is 0.105. The molecule has 1 aliphatic heterocycles. The van der Waals surface area contributed by atoms with E-state index in [9.17, 15) is 4.79 Å². The van der Waals surface area contributed by atoms with Crippen LogP contribution in [0, 0.1) is 17.2 Å². The zero-order valence-electron chi connectivity index (χ0n) is 8.55. The smallest absolute Gasteiger partial charge is 0.240 e. The quantitative estimate of drug-likeness (QED) is 0.664. The van der Waals surface area contributed by atoms with Gasteiger partial charge in [-0.3, -0.25) is 4.79 Å². The number of rotatable bonds is 1. The lowest BCUT2D eigenvalue weighted by atomic mass is 10.1. The fraction of sp³-hybridized carbons (Fsp3) is 0.500. The Balaban J connectivity index is 2.11. The normalized spacial score (nSPS) is 16.7. The van der Waals surface area contributed by atoms with E-state index in [-0.39, 0.29) is 5.91 Å². The summed E-state index contributed by atoms with van der Waals surface area (Å²) in [6, 6.07) is 1.96. The Labute approximate surface area is 87.9 Å². The summed E-state index contributed by atoms with van der Waals surface area (Å²) in [6.07, 6.45) is 3.64. The minimum Gasteiger partial charge on any atom is -0.332 e. The van der Waals surface area contributed by atoms with Crippen molar-refractivity contribution in [3.63, 3.8) is 0 Å². The number of carbonyl (C=O) groups excluding carboxylic acids is 1. The third kappa shape index (κ3) is 1.71. The molecule has 0 aromatic carbocycles. The van der Waals surface area contributed by atoms with Gasteiger partial charge in [-0.1, -0.05) is 0 Å². The number of aromatic nitrogens is 2. The van der Waals surface area contributed by atoms with Crippen molar-refractivity contribution in [2.75, 3.05) is 6.54 Å². The molecule has 1 atom stereocenters. The summed E-state index contributed by atoms with van der Waals surface area (Å²) in [5.74, 6) is 0.220. The molecule has 1 aromatic heterocycles. The highest BCUT2D eigenvalue weighted by Gasteiger charge is 2.24. The van der Waals surface area contributed by atoms with Crippen LogP contribution in [-0.2, 0) is 17.9 Å². The second-order valence-corrected chi connectivity index (χ2v) is 3.65. The largest absolute Gasteiger partial charge is 0.332 e. The molecule has 2 heterocycles. The third-order valence-corrected chi connectivity index (χ3v) is 2.62. The standard InChI is InChI=1S/C10H12N4O/c1-8(6-11)10(15)14-5-4-13-3-2-12-9(13)7-14/h2-3,8H,4-5,7H2,1H3. The Bertz CT molecular complexity index is 417. The highest BCUT2D eigenvalue weighted by molar-refractivity contribution is 5.80. The summed E-state index contributed by atoms with van der Waals surface area (Å²) in [7, 11) is 0. The van der Waals surface area contributed by atoms with Gasteiger partial charge in [-0.05, 0) is 6.92 Å². The molecule has 1 amide bonds. The number of carbonyl (C=O) groups is 1. The average molecular weight is 204 g/mol. The van der Waals surface area contributed by atoms with Crippen molar-refractivity contribution in [1.82, 2.24) is 14.5 Å². The molecule has 0 saturated heterocycles. The van der Waals surface area contributed by atoms with Crippen molar-refractivity contribution in [3.8, 4) is 6.07 Å². The minimum atomic E-state index is -0.563. The monoisotopic (exact) mass is 204 g/mol. The number of fused-ring (bicyclic) bond motifs is 1. The first-order valence-corrected chi connectivity index (χ1v) is 4.91. The van der Waals surface area contributed by atoms with Crippen molar-refractivity contribution < 1.29 is 4.79 Å². The molecule has 78 valence electrons. The summed E-state index contributed by atoms with van der Waals surface area (Å²) >= 11 is 0. The molecular formula is C10H12N4O. The molecule has 5 heteroatoms. The zero-order chi connectivity index (χ0) is 10.8. The Morgan fingerprint density at radius 2 is 2.47 bits per heavy atom.